The van der Waals surface area contributed by atoms with Gasteiger partial charge in [-0.15, -0.1) is 0 Å². The van der Waals surface area contributed by atoms with E-state index < -0.39 is 0 Å². The summed E-state index contributed by atoms with van der Waals surface area (Å²) in [6.45, 7) is 0.588. The Hall–Kier alpha value is -3.04. The molecule has 1 heterocycles. The molecule has 1 N–H and O–H groups in total. The molecule has 0 spiro atoms. The molecule has 0 atom stereocenters. The maximum atomic E-state index is 12.2. The van der Waals surface area contributed by atoms with Crippen LogP contribution in [0, 0.1) is 11.8 Å². The number of fused-ring (bicyclic) bond motifs is 1. The van der Waals surface area contributed by atoms with Gasteiger partial charge >= 0.3 is 0 Å². The molecule has 3 rings (SSSR count). The number of rotatable bonds is 5. The van der Waals surface area contributed by atoms with Gasteiger partial charge in [-0.2, -0.15) is 0 Å². The van der Waals surface area contributed by atoms with Crippen LogP contribution < -0.4 is 24.3 Å². The largest absolute Gasteiger partial charge is 0.496 e. The van der Waals surface area contributed by atoms with Crippen molar-refractivity contribution in [3.63, 3.8) is 0 Å². The Balaban J connectivity index is 1.47. The van der Waals surface area contributed by atoms with Gasteiger partial charge in [0.05, 0.1) is 19.2 Å². The van der Waals surface area contributed by atoms with E-state index in [0.29, 0.717) is 33.6 Å². The fourth-order valence-corrected chi connectivity index (χ4v) is 2.45. The van der Waals surface area contributed by atoms with E-state index in [9.17, 15) is 4.79 Å². The minimum atomic E-state index is -0.310. The molecule has 2 aromatic carbocycles. The van der Waals surface area contributed by atoms with Gasteiger partial charge in [-0.25, -0.2) is 0 Å². The van der Waals surface area contributed by atoms with Gasteiger partial charge in [0.15, 0.2) is 11.5 Å². The molecule has 0 fully saturated rings. The lowest BCUT2D eigenvalue weighted by Crippen LogP contribution is -2.24. The van der Waals surface area contributed by atoms with Gasteiger partial charge < -0.3 is 24.3 Å². The summed E-state index contributed by atoms with van der Waals surface area (Å²) in [5, 5.41) is 3.15. The number of methoxy groups -OCH3 is 1. The number of carbonyl (C=O) groups excluding carboxylic acids is 1. The van der Waals surface area contributed by atoms with Gasteiger partial charge in [0.1, 0.15) is 18.1 Å². The first-order chi connectivity index (χ1) is 12.7. The average Bonchev–Trinajstić information content (AvgIpc) is 3.12. The van der Waals surface area contributed by atoms with E-state index in [0.717, 1.165) is 0 Å². The summed E-state index contributed by atoms with van der Waals surface area (Å²) < 4.78 is 21.2. The molecule has 1 amide bonds. The number of amides is 1. The summed E-state index contributed by atoms with van der Waals surface area (Å²) in [6.07, 6.45) is 0. The predicted molar refractivity (Wildman–Crippen MR) is 96.2 cm³/mol. The minimum absolute atomic E-state index is 0.180. The lowest BCUT2D eigenvalue weighted by atomic mass is 10.2. The molecule has 0 unspecified atom stereocenters. The standard InChI is InChI=1S/C19H16ClNO5/c1-23-16-6-4-13(20)10-15(16)19(22)21-8-2-3-9-24-14-5-7-17-18(11-14)26-12-25-17/h4-7,10-11H,8-9,12H2,1H3,(H,21,22). The van der Waals surface area contributed by atoms with Crippen LogP contribution in [0.15, 0.2) is 36.4 Å². The highest BCUT2D eigenvalue weighted by atomic mass is 35.5. The molecule has 26 heavy (non-hydrogen) atoms. The highest BCUT2D eigenvalue weighted by molar-refractivity contribution is 6.31. The maximum absolute atomic E-state index is 12.2. The number of halogens is 1. The number of hydrogen-bond donors (Lipinski definition) is 1. The first kappa shape index (κ1) is 17.8. The van der Waals surface area contributed by atoms with E-state index in [4.69, 9.17) is 30.5 Å². The van der Waals surface area contributed by atoms with Gasteiger partial charge in [0.25, 0.3) is 5.91 Å². The maximum Gasteiger partial charge on any atom is 0.255 e. The molecule has 0 bridgehead atoms. The van der Waals surface area contributed by atoms with E-state index in [1.54, 1.807) is 36.4 Å². The van der Waals surface area contributed by atoms with Gasteiger partial charge in [0.2, 0.25) is 6.79 Å². The second-order valence-corrected chi connectivity index (χ2v) is 5.62. The quantitative estimate of drug-likeness (QED) is 0.816. The Kier molecular flexibility index (Phi) is 5.72. The topological polar surface area (TPSA) is 66.0 Å². The summed E-state index contributed by atoms with van der Waals surface area (Å²) in [5.74, 6) is 7.78. The van der Waals surface area contributed by atoms with Crippen molar-refractivity contribution in [3.8, 4) is 34.8 Å². The first-order valence-corrected chi connectivity index (χ1v) is 8.15. The molecule has 7 heteroatoms. The van der Waals surface area contributed by atoms with Gasteiger partial charge in [0, 0.05) is 11.1 Å². The van der Waals surface area contributed by atoms with E-state index in [-0.39, 0.29) is 25.9 Å². The van der Waals surface area contributed by atoms with Crippen LogP contribution in [0.2, 0.25) is 5.02 Å². The second-order valence-electron chi connectivity index (χ2n) is 5.18. The molecule has 0 aromatic heterocycles. The number of nitrogens with one attached hydrogen (secondary N) is 1. The van der Waals surface area contributed by atoms with Gasteiger partial charge in [-0.05, 0) is 30.3 Å². The van der Waals surface area contributed by atoms with E-state index in [1.165, 1.54) is 7.11 Å². The highest BCUT2D eigenvalue weighted by Gasteiger charge is 2.13. The third-order valence-electron chi connectivity index (χ3n) is 3.52. The van der Waals surface area contributed by atoms with Gasteiger partial charge in [-0.3, -0.25) is 4.79 Å². The van der Waals surface area contributed by atoms with Crippen LogP contribution in [-0.4, -0.2) is 33.0 Å². The van der Waals surface area contributed by atoms with Crippen molar-refractivity contribution in [2.75, 3.05) is 27.1 Å². The molecule has 0 radical (unpaired) electrons. The summed E-state index contributed by atoms with van der Waals surface area (Å²) in [6, 6.07) is 10.2. The molecule has 134 valence electrons. The number of benzene rings is 2. The van der Waals surface area contributed by atoms with Crippen molar-refractivity contribution in [2.45, 2.75) is 0 Å². The molecular formula is C19H16ClNO5. The van der Waals surface area contributed by atoms with Crippen molar-refractivity contribution in [1.82, 2.24) is 5.32 Å². The summed E-state index contributed by atoms with van der Waals surface area (Å²) in [5.41, 5.74) is 0.360. The van der Waals surface area contributed by atoms with E-state index in [1.807, 2.05) is 0 Å². The third-order valence-corrected chi connectivity index (χ3v) is 3.76. The second kappa shape index (κ2) is 8.37. The fourth-order valence-electron chi connectivity index (χ4n) is 2.28. The Morgan fingerprint density at radius 3 is 2.88 bits per heavy atom. The lowest BCUT2D eigenvalue weighted by Gasteiger charge is -2.08. The average molecular weight is 374 g/mol. The number of ether oxygens (including phenoxy) is 4. The van der Waals surface area contributed by atoms with Crippen LogP contribution in [0.1, 0.15) is 10.4 Å². The van der Waals surface area contributed by atoms with Crippen LogP contribution in [0.25, 0.3) is 0 Å². The molecule has 1 aliphatic heterocycles. The molecule has 2 aromatic rings. The van der Waals surface area contributed by atoms with Crippen molar-refractivity contribution in [2.24, 2.45) is 0 Å². The lowest BCUT2D eigenvalue weighted by molar-refractivity contribution is 0.0955. The summed E-state index contributed by atoms with van der Waals surface area (Å²) in [7, 11) is 1.49. The summed E-state index contributed by atoms with van der Waals surface area (Å²) in [4.78, 5) is 12.2. The minimum Gasteiger partial charge on any atom is -0.496 e. The Bertz CT molecular complexity index is 872. The zero-order valence-electron chi connectivity index (χ0n) is 14.0. The monoisotopic (exact) mass is 373 g/mol. The molecule has 0 saturated carbocycles. The van der Waals surface area contributed by atoms with Gasteiger partial charge in [-0.1, -0.05) is 23.4 Å². The van der Waals surface area contributed by atoms with Crippen molar-refractivity contribution in [1.29, 1.82) is 0 Å². The molecule has 6 nitrogen and oxygen atoms in total. The normalized spacial score (nSPS) is 11.3. The molecular weight excluding hydrogens is 358 g/mol. The van der Waals surface area contributed by atoms with Crippen molar-refractivity contribution in [3.05, 3.63) is 47.0 Å². The smallest absolute Gasteiger partial charge is 0.255 e. The zero-order chi connectivity index (χ0) is 18.4. The van der Waals surface area contributed by atoms with E-state index in [2.05, 4.69) is 17.2 Å². The highest BCUT2D eigenvalue weighted by Crippen LogP contribution is 2.34. The fraction of sp³-hybridized carbons (Fsp3) is 0.211. The SMILES string of the molecule is COc1ccc(Cl)cc1C(=O)NCC#CCOc1ccc2c(c1)OCO2. The number of carbonyl (C=O) groups is 1. The molecule has 0 saturated heterocycles. The van der Waals surface area contributed by atoms with Crippen LogP contribution in [0.5, 0.6) is 23.0 Å². The predicted octanol–water partition coefficient (Wildman–Crippen LogP) is 2.89. The Labute approximate surface area is 156 Å². The van der Waals surface area contributed by atoms with E-state index >= 15 is 0 Å². The van der Waals surface area contributed by atoms with Crippen LogP contribution in [0.4, 0.5) is 0 Å². The number of hydrogen-bond acceptors (Lipinski definition) is 5. The summed E-state index contributed by atoms with van der Waals surface area (Å²) >= 11 is 5.92. The Morgan fingerprint density at radius 1 is 1.19 bits per heavy atom. The van der Waals surface area contributed by atoms with Crippen molar-refractivity contribution >= 4 is 17.5 Å². The third kappa shape index (κ3) is 4.32. The van der Waals surface area contributed by atoms with Crippen LogP contribution in [0.3, 0.4) is 0 Å². The zero-order valence-corrected chi connectivity index (χ0v) is 14.8. The first-order valence-electron chi connectivity index (χ1n) is 7.77. The Morgan fingerprint density at radius 2 is 2.04 bits per heavy atom. The van der Waals surface area contributed by atoms with Crippen LogP contribution >= 0.6 is 11.6 Å². The van der Waals surface area contributed by atoms with Crippen LogP contribution in [-0.2, 0) is 0 Å². The molecule has 0 aliphatic carbocycles. The molecule has 1 aliphatic rings. The van der Waals surface area contributed by atoms with Crippen molar-refractivity contribution < 1.29 is 23.7 Å².